The highest BCUT2D eigenvalue weighted by Crippen LogP contribution is 2.48. The van der Waals surface area contributed by atoms with E-state index in [-0.39, 0.29) is 0 Å². The fraction of sp³-hybridized carbons (Fsp3) is 0.324. The van der Waals surface area contributed by atoms with Crippen molar-refractivity contribution in [2.75, 3.05) is 57.7 Å². The van der Waals surface area contributed by atoms with E-state index in [0.29, 0.717) is 61.9 Å². The van der Waals surface area contributed by atoms with Crippen LogP contribution in [0.1, 0.15) is 18.5 Å². The van der Waals surface area contributed by atoms with Gasteiger partial charge >= 0.3 is 0 Å². The molecule has 0 bridgehead atoms. The third kappa shape index (κ3) is 5.24. The second-order valence-corrected chi connectivity index (χ2v) is 12.4. The van der Waals surface area contributed by atoms with Crippen molar-refractivity contribution in [3.63, 3.8) is 0 Å². The van der Waals surface area contributed by atoms with Crippen molar-refractivity contribution in [3.8, 4) is 39.6 Å². The summed E-state index contributed by atoms with van der Waals surface area (Å²) in [6.07, 6.45) is 7.07. The van der Waals surface area contributed by atoms with E-state index in [0.717, 1.165) is 60.1 Å². The number of aromatic nitrogens is 3. The lowest BCUT2D eigenvalue weighted by Gasteiger charge is -2.37. The van der Waals surface area contributed by atoms with Gasteiger partial charge in [0.05, 0.1) is 59.7 Å². The number of anilines is 2. The molecule has 0 atom stereocenters. The van der Waals surface area contributed by atoms with Gasteiger partial charge < -0.3 is 24.4 Å². The molecule has 2 fully saturated rings. The molecule has 0 unspecified atom stereocenters. The molecule has 0 spiro atoms. The van der Waals surface area contributed by atoms with Crippen LogP contribution < -0.4 is 24.4 Å². The number of piperazine rings is 1. The van der Waals surface area contributed by atoms with Crippen LogP contribution in [0.15, 0.2) is 42.7 Å². The fourth-order valence-corrected chi connectivity index (χ4v) is 7.17. The Morgan fingerprint density at radius 2 is 1.59 bits per heavy atom. The molecule has 238 valence electrons. The van der Waals surface area contributed by atoms with Gasteiger partial charge in [-0.1, -0.05) is 23.2 Å². The van der Waals surface area contributed by atoms with Crippen LogP contribution in [0.4, 0.5) is 11.4 Å². The van der Waals surface area contributed by atoms with Crippen LogP contribution in [0.3, 0.4) is 0 Å². The summed E-state index contributed by atoms with van der Waals surface area (Å²) in [7, 11) is 4.75. The zero-order chi connectivity index (χ0) is 32.1. The highest BCUT2D eigenvalue weighted by molar-refractivity contribution is 6.41. The molecule has 12 heteroatoms. The molecule has 3 aromatic heterocycles. The number of nitrogens with zero attached hydrogens (tertiary/aromatic N) is 5. The first kappa shape index (κ1) is 30.4. The van der Waals surface area contributed by atoms with Gasteiger partial charge in [0.2, 0.25) is 6.41 Å². The summed E-state index contributed by atoms with van der Waals surface area (Å²) in [4.78, 5) is 26.3. The standard InChI is InChI=1S/C34H34Cl2N6O4/c1-19-17-42-26-13-24(22-12-25(38-18-43)27(14-28(22)44-2)41-9-7-40(8-10-41)21-5-6-21)37-16-20(26)11-23(34(42)39-19)31-32(35)29(45-3)15-30(46-4)33(31)36/h11-18,21H,5-10H2,1-4H3,(H,38,43). The molecule has 2 aliphatic rings. The third-order valence-electron chi connectivity index (χ3n) is 8.91. The number of halogens is 2. The summed E-state index contributed by atoms with van der Waals surface area (Å²) in [6.45, 7) is 5.71. The second kappa shape index (κ2) is 12.2. The molecule has 0 radical (unpaired) electrons. The van der Waals surface area contributed by atoms with Gasteiger partial charge in [0, 0.05) is 78.8 Å². The first-order valence-corrected chi connectivity index (χ1v) is 15.9. The molecule has 2 aromatic carbocycles. The average Bonchev–Trinajstić information content (AvgIpc) is 3.85. The van der Waals surface area contributed by atoms with Gasteiger partial charge in [0.1, 0.15) is 22.9 Å². The smallest absolute Gasteiger partial charge is 0.211 e. The van der Waals surface area contributed by atoms with Crippen molar-refractivity contribution < 1.29 is 19.0 Å². The van der Waals surface area contributed by atoms with E-state index < -0.39 is 0 Å². The third-order valence-corrected chi connectivity index (χ3v) is 9.66. The number of carbonyl (C=O) groups excluding carboxylic acids is 1. The normalized spacial score (nSPS) is 15.4. The van der Waals surface area contributed by atoms with Gasteiger partial charge in [-0.2, -0.15) is 0 Å². The minimum atomic E-state index is 0.355. The SMILES string of the molecule is COc1cc(N2CCN(C3CC3)CC2)c(NC=O)cc1-c1cc2c(cn1)cc(-c1c(Cl)c(OC)cc(OC)c1Cl)c1nc(C)cn12. The van der Waals surface area contributed by atoms with Crippen molar-refractivity contribution in [1.29, 1.82) is 0 Å². The van der Waals surface area contributed by atoms with Gasteiger partial charge in [-0.25, -0.2) is 4.98 Å². The van der Waals surface area contributed by atoms with Gasteiger partial charge in [0.25, 0.3) is 0 Å². The number of pyridine rings is 2. The highest BCUT2D eigenvalue weighted by Gasteiger charge is 2.32. The molecule has 1 saturated carbocycles. The zero-order valence-electron chi connectivity index (χ0n) is 26.1. The van der Waals surface area contributed by atoms with E-state index in [1.54, 1.807) is 33.6 Å². The molecular weight excluding hydrogens is 627 g/mol. The predicted molar refractivity (Wildman–Crippen MR) is 182 cm³/mol. The van der Waals surface area contributed by atoms with Gasteiger partial charge in [0.15, 0.2) is 0 Å². The maximum atomic E-state index is 11.7. The summed E-state index contributed by atoms with van der Waals surface area (Å²) in [5, 5.41) is 4.48. The minimum Gasteiger partial charge on any atom is -0.496 e. The second-order valence-electron chi connectivity index (χ2n) is 11.6. The van der Waals surface area contributed by atoms with E-state index >= 15 is 0 Å². The minimum absolute atomic E-state index is 0.355. The number of aryl methyl sites for hydroxylation is 1. The van der Waals surface area contributed by atoms with Crippen LogP contribution in [0, 0.1) is 6.92 Å². The summed E-state index contributed by atoms with van der Waals surface area (Å²) >= 11 is 13.7. The van der Waals surface area contributed by atoms with Crippen LogP contribution in [-0.2, 0) is 4.79 Å². The molecule has 4 heterocycles. The molecule has 5 aromatic rings. The Hall–Kier alpha value is -4.25. The topological polar surface area (TPSA) is 93.5 Å². The molecule has 7 rings (SSSR count). The summed E-state index contributed by atoms with van der Waals surface area (Å²) < 4.78 is 19.0. The molecule has 1 aliphatic carbocycles. The van der Waals surface area contributed by atoms with E-state index in [1.807, 2.05) is 41.8 Å². The lowest BCUT2D eigenvalue weighted by atomic mass is 10.0. The lowest BCUT2D eigenvalue weighted by molar-refractivity contribution is -0.105. The van der Waals surface area contributed by atoms with Crippen LogP contribution in [0.5, 0.6) is 17.2 Å². The van der Waals surface area contributed by atoms with E-state index in [1.165, 1.54) is 12.8 Å². The van der Waals surface area contributed by atoms with E-state index in [9.17, 15) is 4.79 Å². The molecule has 1 amide bonds. The molecule has 10 nitrogen and oxygen atoms in total. The van der Waals surface area contributed by atoms with Crippen molar-refractivity contribution in [2.24, 2.45) is 0 Å². The number of ether oxygens (including phenoxy) is 3. The van der Waals surface area contributed by atoms with Crippen molar-refractivity contribution in [2.45, 2.75) is 25.8 Å². The van der Waals surface area contributed by atoms with Crippen molar-refractivity contribution in [3.05, 3.63) is 58.5 Å². The van der Waals surface area contributed by atoms with Crippen molar-refractivity contribution >= 4 is 57.5 Å². The first-order valence-electron chi connectivity index (χ1n) is 15.2. The van der Waals surface area contributed by atoms with Gasteiger partial charge in [-0.15, -0.1) is 0 Å². The monoisotopic (exact) mass is 660 g/mol. The average molecular weight is 662 g/mol. The number of nitrogens with one attached hydrogen (secondary N) is 1. The Kier molecular flexibility index (Phi) is 8.04. The lowest BCUT2D eigenvalue weighted by Crippen LogP contribution is -2.47. The molecule has 1 saturated heterocycles. The zero-order valence-corrected chi connectivity index (χ0v) is 27.6. The Morgan fingerprint density at radius 1 is 0.891 bits per heavy atom. The molecule has 1 N–H and O–H groups in total. The Morgan fingerprint density at radius 3 is 2.22 bits per heavy atom. The Balaban J connectivity index is 1.35. The van der Waals surface area contributed by atoms with Crippen LogP contribution in [0.25, 0.3) is 38.9 Å². The largest absolute Gasteiger partial charge is 0.496 e. The van der Waals surface area contributed by atoms with Crippen LogP contribution in [0.2, 0.25) is 10.0 Å². The number of rotatable bonds is 9. The van der Waals surface area contributed by atoms with Crippen molar-refractivity contribution in [1.82, 2.24) is 19.3 Å². The number of carbonyl (C=O) groups is 1. The predicted octanol–water partition coefficient (Wildman–Crippen LogP) is 6.71. The molecular formula is C34H34Cl2N6O4. The number of imidazole rings is 1. The number of methoxy groups -OCH3 is 3. The van der Waals surface area contributed by atoms with Crippen LogP contribution in [-0.4, -0.2) is 79.2 Å². The number of hydrogen-bond donors (Lipinski definition) is 1. The molecule has 46 heavy (non-hydrogen) atoms. The Bertz CT molecular complexity index is 1960. The van der Waals surface area contributed by atoms with E-state index in [4.69, 9.17) is 47.4 Å². The van der Waals surface area contributed by atoms with E-state index in [2.05, 4.69) is 15.1 Å². The molecule has 1 aliphatic heterocycles. The quantitative estimate of drug-likeness (QED) is 0.174. The maximum Gasteiger partial charge on any atom is 0.211 e. The number of amides is 1. The summed E-state index contributed by atoms with van der Waals surface area (Å²) in [6, 6.07) is 10.3. The Labute approximate surface area is 276 Å². The number of benzene rings is 2. The number of hydrogen-bond acceptors (Lipinski definition) is 8. The fourth-order valence-electron chi connectivity index (χ4n) is 6.47. The maximum absolute atomic E-state index is 11.7. The highest BCUT2D eigenvalue weighted by atomic mass is 35.5. The first-order chi connectivity index (χ1) is 22.3. The number of fused-ring (bicyclic) bond motifs is 3. The van der Waals surface area contributed by atoms with Crippen LogP contribution >= 0.6 is 23.2 Å². The summed E-state index contributed by atoms with van der Waals surface area (Å²) in [5.74, 6) is 1.54. The summed E-state index contributed by atoms with van der Waals surface area (Å²) in [5.41, 5.74) is 6.71. The van der Waals surface area contributed by atoms with Gasteiger partial charge in [-0.05, 0) is 38.0 Å². The van der Waals surface area contributed by atoms with Gasteiger partial charge in [-0.3, -0.25) is 19.1 Å².